The van der Waals surface area contributed by atoms with E-state index < -0.39 is 0 Å². The van der Waals surface area contributed by atoms with Crippen LogP contribution >= 0.6 is 0 Å². The molecule has 0 spiro atoms. The molecule has 2 fully saturated rings. The van der Waals surface area contributed by atoms with Crippen LogP contribution in [0.5, 0.6) is 0 Å². The van der Waals surface area contributed by atoms with E-state index in [4.69, 9.17) is 4.74 Å². The summed E-state index contributed by atoms with van der Waals surface area (Å²) in [6.07, 6.45) is 4.59. The van der Waals surface area contributed by atoms with E-state index >= 15 is 0 Å². The van der Waals surface area contributed by atoms with Crippen LogP contribution in [0.2, 0.25) is 0 Å². The van der Waals surface area contributed by atoms with Crippen molar-refractivity contribution in [2.24, 2.45) is 5.92 Å². The van der Waals surface area contributed by atoms with Gasteiger partial charge >= 0.3 is 0 Å². The molecule has 0 saturated carbocycles. The lowest BCUT2D eigenvalue weighted by Crippen LogP contribution is -2.44. The molecule has 120 valence electrons. The molecule has 22 heavy (non-hydrogen) atoms. The van der Waals surface area contributed by atoms with Crippen molar-refractivity contribution in [2.75, 3.05) is 32.8 Å². The van der Waals surface area contributed by atoms with Crippen molar-refractivity contribution in [3.8, 4) is 0 Å². The van der Waals surface area contributed by atoms with Crippen LogP contribution in [0.3, 0.4) is 0 Å². The number of likely N-dealkylation sites (tertiary alicyclic amines) is 1. The number of ether oxygens (including phenoxy) is 1. The van der Waals surface area contributed by atoms with Gasteiger partial charge in [0.05, 0.1) is 6.61 Å². The monoisotopic (exact) mass is 302 g/mol. The number of nitrogens with zero attached hydrogens (tertiary/aromatic N) is 1. The average Bonchev–Trinajstić information content (AvgIpc) is 3.09. The number of benzene rings is 1. The minimum atomic E-state index is 0.0841. The van der Waals surface area contributed by atoms with Crippen LogP contribution in [-0.2, 0) is 4.74 Å². The number of carbonyl (C=O) groups is 1. The van der Waals surface area contributed by atoms with Crippen molar-refractivity contribution in [1.29, 1.82) is 0 Å². The van der Waals surface area contributed by atoms with E-state index in [1.807, 2.05) is 30.3 Å². The topological polar surface area (TPSA) is 41.6 Å². The van der Waals surface area contributed by atoms with Crippen LogP contribution < -0.4 is 5.32 Å². The molecule has 1 aromatic rings. The zero-order chi connectivity index (χ0) is 15.2. The second-order valence-electron chi connectivity index (χ2n) is 6.32. The average molecular weight is 302 g/mol. The summed E-state index contributed by atoms with van der Waals surface area (Å²) in [5, 5.41) is 3.38. The highest BCUT2D eigenvalue weighted by atomic mass is 16.5. The molecule has 4 nitrogen and oxygen atoms in total. The van der Waals surface area contributed by atoms with Crippen molar-refractivity contribution in [2.45, 2.75) is 31.9 Å². The van der Waals surface area contributed by atoms with Gasteiger partial charge in [-0.15, -0.1) is 0 Å². The van der Waals surface area contributed by atoms with Crippen LogP contribution in [0.1, 0.15) is 36.0 Å². The number of carbonyl (C=O) groups excluding carboxylic acids is 1. The fraction of sp³-hybridized carbons (Fsp3) is 0.611. The summed E-state index contributed by atoms with van der Waals surface area (Å²) < 4.78 is 5.91. The molecule has 2 atom stereocenters. The summed E-state index contributed by atoms with van der Waals surface area (Å²) >= 11 is 0. The number of hydrogen-bond acceptors (Lipinski definition) is 4. The van der Waals surface area contributed by atoms with Crippen LogP contribution in [0.25, 0.3) is 0 Å². The van der Waals surface area contributed by atoms with Gasteiger partial charge in [0.15, 0.2) is 5.78 Å². The molecule has 1 aromatic carbocycles. The van der Waals surface area contributed by atoms with Gasteiger partial charge in [0.25, 0.3) is 0 Å². The quantitative estimate of drug-likeness (QED) is 0.819. The maximum atomic E-state index is 12.4. The van der Waals surface area contributed by atoms with E-state index in [9.17, 15) is 4.79 Å². The first-order valence-electron chi connectivity index (χ1n) is 8.49. The summed E-state index contributed by atoms with van der Waals surface area (Å²) in [4.78, 5) is 14.9. The third-order valence-corrected chi connectivity index (χ3v) is 4.72. The van der Waals surface area contributed by atoms with E-state index in [0.29, 0.717) is 0 Å². The van der Waals surface area contributed by atoms with Gasteiger partial charge in [-0.05, 0) is 38.8 Å². The lowest BCUT2D eigenvalue weighted by atomic mass is 9.90. The molecule has 0 amide bonds. The van der Waals surface area contributed by atoms with Crippen LogP contribution in [0, 0.1) is 5.92 Å². The number of nitrogens with one attached hydrogen (secondary N) is 1. The minimum absolute atomic E-state index is 0.0841. The van der Waals surface area contributed by atoms with Gasteiger partial charge in [0.2, 0.25) is 0 Å². The van der Waals surface area contributed by atoms with Gasteiger partial charge in [-0.25, -0.2) is 0 Å². The molecule has 2 aliphatic heterocycles. The molecule has 0 bridgehead atoms. The Bertz CT molecular complexity index is 463. The predicted octanol–water partition coefficient (Wildman–Crippen LogP) is 2.31. The summed E-state index contributed by atoms with van der Waals surface area (Å²) in [6, 6.07) is 9.60. The highest BCUT2D eigenvalue weighted by Gasteiger charge is 2.26. The SMILES string of the molecule is O=C(c1ccccc1)C1CCC(OCCN2CCCC2)NC1. The molecular weight excluding hydrogens is 276 g/mol. The first kappa shape index (κ1) is 15.7. The zero-order valence-electron chi connectivity index (χ0n) is 13.2. The molecule has 2 saturated heterocycles. The van der Waals surface area contributed by atoms with Gasteiger partial charge in [0, 0.05) is 24.6 Å². The molecule has 1 N–H and O–H groups in total. The molecule has 2 heterocycles. The van der Waals surface area contributed by atoms with Gasteiger partial charge in [-0.3, -0.25) is 10.1 Å². The van der Waals surface area contributed by atoms with Crippen molar-refractivity contribution < 1.29 is 9.53 Å². The maximum Gasteiger partial charge on any atom is 0.167 e. The molecule has 2 unspecified atom stereocenters. The largest absolute Gasteiger partial charge is 0.362 e. The Hall–Kier alpha value is -1.23. The van der Waals surface area contributed by atoms with E-state index in [1.54, 1.807) is 0 Å². The van der Waals surface area contributed by atoms with Gasteiger partial charge in [-0.2, -0.15) is 0 Å². The van der Waals surface area contributed by atoms with E-state index in [-0.39, 0.29) is 17.9 Å². The lowest BCUT2D eigenvalue weighted by molar-refractivity contribution is -0.00332. The van der Waals surface area contributed by atoms with Gasteiger partial charge in [-0.1, -0.05) is 30.3 Å². The zero-order valence-corrected chi connectivity index (χ0v) is 13.2. The third-order valence-electron chi connectivity index (χ3n) is 4.72. The predicted molar refractivity (Wildman–Crippen MR) is 86.9 cm³/mol. The van der Waals surface area contributed by atoms with Crippen LogP contribution in [-0.4, -0.2) is 49.7 Å². The van der Waals surface area contributed by atoms with Crippen molar-refractivity contribution in [3.05, 3.63) is 35.9 Å². The fourth-order valence-electron chi connectivity index (χ4n) is 3.36. The molecule has 3 rings (SSSR count). The van der Waals surface area contributed by atoms with Gasteiger partial charge < -0.3 is 9.64 Å². The summed E-state index contributed by atoms with van der Waals surface area (Å²) in [6.45, 7) is 4.98. The second-order valence-corrected chi connectivity index (χ2v) is 6.32. The lowest BCUT2D eigenvalue weighted by Gasteiger charge is -2.29. The molecule has 0 aliphatic carbocycles. The number of Topliss-reactive ketones (excluding diaryl/α,β-unsaturated/α-hetero) is 1. The Morgan fingerprint density at radius 3 is 2.64 bits per heavy atom. The highest BCUT2D eigenvalue weighted by Crippen LogP contribution is 2.20. The summed E-state index contributed by atoms with van der Waals surface area (Å²) in [7, 11) is 0. The Morgan fingerprint density at radius 1 is 1.18 bits per heavy atom. The van der Waals surface area contributed by atoms with Crippen molar-refractivity contribution in [1.82, 2.24) is 10.2 Å². The summed E-state index contributed by atoms with van der Waals surface area (Å²) in [5.41, 5.74) is 0.822. The Morgan fingerprint density at radius 2 is 1.95 bits per heavy atom. The number of piperidine rings is 1. The Balaban J connectivity index is 1.37. The van der Waals surface area contributed by atoms with Gasteiger partial charge in [0.1, 0.15) is 6.23 Å². The molecule has 2 aliphatic rings. The van der Waals surface area contributed by atoms with Crippen molar-refractivity contribution >= 4 is 5.78 Å². The first-order chi connectivity index (χ1) is 10.8. The molecular formula is C18H26N2O2. The van der Waals surface area contributed by atoms with E-state index in [1.165, 1.54) is 25.9 Å². The molecule has 0 radical (unpaired) electrons. The number of rotatable bonds is 6. The fourth-order valence-corrected chi connectivity index (χ4v) is 3.36. The standard InChI is InChI=1S/C18H26N2O2/c21-18(15-6-2-1-3-7-15)16-8-9-17(19-14-16)22-13-12-20-10-4-5-11-20/h1-3,6-7,16-17,19H,4-5,8-14H2. The Labute approximate surface area is 132 Å². The molecule has 0 aromatic heterocycles. The maximum absolute atomic E-state index is 12.4. The molecule has 4 heteroatoms. The minimum Gasteiger partial charge on any atom is -0.362 e. The van der Waals surface area contributed by atoms with Crippen LogP contribution in [0.4, 0.5) is 0 Å². The van der Waals surface area contributed by atoms with Crippen LogP contribution in [0.15, 0.2) is 30.3 Å². The normalized spacial score (nSPS) is 26.2. The van der Waals surface area contributed by atoms with E-state index in [2.05, 4.69) is 10.2 Å². The second kappa shape index (κ2) is 7.86. The third kappa shape index (κ3) is 4.15. The van der Waals surface area contributed by atoms with Crippen molar-refractivity contribution in [3.63, 3.8) is 0 Å². The Kier molecular flexibility index (Phi) is 5.59. The highest BCUT2D eigenvalue weighted by molar-refractivity contribution is 5.98. The number of ketones is 1. The first-order valence-corrected chi connectivity index (χ1v) is 8.49. The van der Waals surface area contributed by atoms with E-state index in [0.717, 1.165) is 38.1 Å². The number of hydrogen-bond donors (Lipinski definition) is 1. The summed E-state index contributed by atoms with van der Waals surface area (Å²) in [5.74, 6) is 0.337. The smallest absolute Gasteiger partial charge is 0.167 e.